The van der Waals surface area contributed by atoms with Crippen molar-refractivity contribution in [1.82, 2.24) is 15.4 Å². The predicted molar refractivity (Wildman–Crippen MR) is 115 cm³/mol. The highest BCUT2D eigenvalue weighted by atomic mass is 32.2. The molecule has 0 saturated heterocycles. The Labute approximate surface area is 186 Å². The largest absolute Gasteiger partial charge is 0.393 e. The van der Waals surface area contributed by atoms with E-state index in [0.29, 0.717) is 24.3 Å². The standard InChI is InChI=1S/C23H31N3O4S/c1-21-7-5-14(27)9-13(21)3-4-15-16-6-8-23(30,22(16,2)10-17(28)20(15)21)18(29)12-31-19-11-24-26-25-19/h9,11,15-17,20,28,30H,3-8,10,12H2,1-2H3,(H,24,25,26)/t15?,16?,17-,20?,21?,22?,23-/m0/s1. The number of rotatable bonds is 4. The Bertz CT molecular complexity index is 933. The number of thioether (sulfide) groups is 1. The normalized spacial score (nSPS) is 44.3. The second-order valence-corrected chi connectivity index (χ2v) is 11.5. The highest BCUT2D eigenvalue weighted by molar-refractivity contribution is 7.99. The number of carbonyl (C=O) groups excluding carboxylic acids is 2. The lowest BCUT2D eigenvalue weighted by Gasteiger charge is -2.60. The number of fused-ring (bicyclic) bond motifs is 5. The van der Waals surface area contributed by atoms with Crippen molar-refractivity contribution < 1.29 is 19.8 Å². The minimum absolute atomic E-state index is 0.0839. The Morgan fingerprint density at radius 3 is 2.84 bits per heavy atom. The molecule has 5 unspecified atom stereocenters. The molecule has 3 fully saturated rings. The average Bonchev–Trinajstić information content (AvgIpc) is 3.33. The van der Waals surface area contributed by atoms with E-state index in [-0.39, 0.29) is 40.5 Å². The van der Waals surface area contributed by atoms with E-state index < -0.39 is 17.1 Å². The summed E-state index contributed by atoms with van der Waals surface area (Å²) < 4.78 is 0. The number of Topliss-reactive ketones (excluding diaryl/α,β-unsaturated/α-hetero) is 1. The van der Waals surface area contributed by atoms with Gasteiger partial charge in [-0.15, -0.1) is 5.10 Å². The summed E-state index contributed by atoms with van der Waals surface area (Å²) in [5.41, 5.74) is -1.04. The molecule has 168 valence electrons. The van der Waals surface area contributed by atoms with Gasteiger partial charge >= 0.3 is 0 Å². The Morgan fingerprint density at radius 1 is 1.29 bits per heavy atom. The highest BCUT2D eigenvalue weighted by Crippen LogP contribution is 2.67. The third kappa shape index (κ3) is 3.01. The van der Waals surface area contributed by atoms with Crippen molar-refractivity contribution in [2.45, 2.75) is 75.5 Å². The van der Waals surface area contributed by atoms with Gasteiger partial charge in [-0.2, -0.15) is 10.3 Å². The van der Waals surface area contributed by atoms with E-state index in [0.717, 1.165) is 25.7 Å². The van der Waals surface area contributed by atoms with Crippen LogP contribution in [0.3, 0.4) is 0 Å². The Kier molecular flexibility index (Phi) is 4.99. The number of aromatic nitrogens is 3. The molecule has 0 aromatic carbocycles. The van der Waals surface area contributed by atoms with Crippen molar-refractivity contribution in [3.8, 4) is 0 Å². The SMILES string of the molecule is CC12CCC(=O)C=C1CCC1C2[C@@H](O)CC2(C)C1CC[C@]2(O)C(=O)CSc1cn[nH]n1. The molecule has 0 bridgehead atoms. The number of carbonyl (C=O) groups is 2. The molecule has 1 heterocycles. The van der Waals surface area contributed by atoms with Crippen LogP contribution >= 0.6 is 11.8 Å². The Balaban J connectivity index is 1.42. The van der Waals surface area contributed by atoms with Crippen molar-refractivity contribution in [3.63, 3.8) is 0 Å². The number of H-pyrrole nitrogens is 1. The maximum Gasteiger partial charge on any atom is 0.175 e. The van der Waals surface area contributed by atoms with Gasteiger partial charge in [0, 0.05) is 11.8 Å². The average molecular weight is 446 g/mol. The zero-order chi connectivity index (χ0) is 22.0. The predicted octanol–water partition coefficient (Wildman–Crippen LogP) is 2.70. The lowest BCUT2D eigenvalue weighted by atomic mass is 9.45. The van der Waals surface area contributed by atoms with E-state index in [1.165, 1.54) is 17.3 Å². The van der Waals surface area contributed by atoms with Crippen LogP contribution in [0.25, 0.3) is 0 Å². The first kappa shape index (κ1) is 21.3. The van der Waals surface area contributed by atoms with Crippen molar-refractivity contribution in [3.05, 3.63) is 17.8 Å². The summed E-state index contributed by atoms with van der Waals surface area (Å²) in [6.07, 6.45) is 7.59. The number of nitrogens with zero attached hydrogens (tertiary/aromatic N) is 2. The van der Waals surface area contributed by atoms with Crippen LogP contribution in [0.2, 0.25) is 0 Å². The first-order valence-electron chi connectivity index (χ1n) is 11.4. The number of allylic oxidation sites excluding steroid dienone is 1. The molecule has 8 heteroatoms. The van der Waals surface area contributed by atoms with Crippen LogP contribution in [0.5, 0.6) is 0 Å². The van der Waals surface area contributed by atoms with Crippen LogP contribution in [-0.2, 0) is 9.59 Å². The second-order valence-electron chi connectivity index (χ2n) is 10.5. The second kappa shape index (κ2) is 7.25. The number of aromatic amines is 1. The van der Waals surface area contributed by atoms with E-state index in [9.17, 15) is 19.8 Å². The molecule has 1 aromatic rings. The lowest BCUT2D eigenvalue weighted by Crippen LogP contribution is -2.61. The van der Waals surface area contributed by atoms with Crippen molar-refractivity contribution in [2.24, 2.45) is 28.6 Å². The van der Waals surface area contributed by atoms with E-state index in [1.807, 2.05) is 13.0 Å². The summed E-state index contributed by atoms with van der Waals surface area (Å²) in [5.74, 6) is 0.702. The van der Waals surface area contributed by atoms with Gasteiger partial charge in [0.05, 0.1) is 18.1 Å². The van der Waals surface area contributed by atoms with E-state index in [2.05, 4.69) is 22.3 Å². The van der Waals surface area contributed by atoms with Gasteiger partial charge in [-0.25, -0.2) is 0 Å². The third-order valence-corrected chi connectivity index (χ3v) is 10.2. The number of aliphatic hydroxyl groups is 2. The number of aliphatic hydroxyl groups excluding tert-OH is 1. The minimum Gasteiger partial charge on any atom is -0.393 e. The van der Waals surface area contributed by atoms with Crippen LogP contribution in [0.4, 0.5) is 0 Å². The summed E-state index contributed by atoms with van der Waals surface area (Å²) in [6.45, 7) is 4.23. The van der Waals surface area contributed by atoms with E-state index in [1.54, 1.807) is 6.20 Å². The lowest BCUT2D eigenvalue weighted by molar-refractivity contribution is -0.178. The van der Waals surface area contributed by atoms with Crippen molar-refractivity contribution >= 4 is 23.3 Å². The van der Waals surface area contributed by atoms with Crippen molar-refractivity contribution in [1.29, 1.82) is 0 Å². The van der Waals surface area contributed by atoms with Gasteiger partial charge in [0.15, 0.2) is 11.6 Å². The number of nitrogens with one attached hydrogen (secondary N) is 1. The maximum atomic E-state index is 13.3. The molecular formula is C23H31N3O4S. The first-order valence-corrected chi connectivity index (χ1v) is 12.3. The fourth-order valence-corrected chi connectivity index (χ4v) is 8.42. The number of ketones is 2. The summed E-state index contributed by atoms with van der Waals surface area (Å²) in [6, 6.07) is 0. The molecule has 3 saturated carbocycles. The molecule has 3 N–H and O–H groups in total. The summed E-state index contributed by atoms with van der Waals surface area (Å²) in [4.78, 5) is 25.3. The molecule has 5 rings (SSSR count). The summed E-state index contributed by atoms with van der Waals surface area (Å²) >= 11 is 1.28. The summed E-state index contributed by atoms with van der Waals surface area (Å²) in [7, 11) is 0. The molecule has 0 radical (unpaired) electrons. The molecule has 0 amide bonds. The van der Waals surface area contributed by atoms with Gasteiger partial charge < -0.3 is 10.2 Å². The minimum atomic E-state index is -1.43. The zero-order valence-corrected chi connectivity index (χ0v) is 19.0. The molecule has 7 nitrogen and oxygen atoms in total. The molecule has 4 aliphatic carbocycles. The monoisotopic (exact) mass is 445 g/mol. The Hall–Kier alpha value is -1.51. The van der Waals surface area contributed by atoms with Gasteiger partial charge in [-0.05, 0) is 67.8 Å². The van der Waals surface area contributed by atoms with Crippen LogP contribution in [0.1, 0.15) is 58.8 Å². The third-order valence-electron chi connectivity index (χ3n) is 9.25. The topological polar surface area (TPSA) is 116 Å². The van der Waals surface area contributed by atoms with E-state index in [4.69, 9.17) is 0 Å². The van der Waals surface area contributed by atoms with E-state index >= 15 is 0 Å². The number of hydrogen-bond acceptors (Lipinski definition) is 7. The molecule has 31 heavy (non-hydrogen) atoms. The van der Waals surface area contributed by atoms with Crippen LogP contribution in [-0.4, -0.2) is 54.6 Å². The van der Waals surface area contributed by atoms with Crippen LogP contribution in [0, 0.1) is 28.6 Å². The molecule has 1 aromatic heterocycles. The van der Waals surface area contributed by atoms with Gasteiger partial charge in [0.25, 0.3) is 0 Å². The number of hydrogen-bond donors (Lipinski definition) is 3. The fourth-order valence-electron chi connectivity index (χ4n) is 7.67. The van der Waals surface area contributed by atoms with Gasteiger partial charge in [-0.3, -0.25) is 9.59 Å². The van der Waals surface area contributed by atoms with Crippen molar-refractivity contribution in [2.75, 3.05) is 5.75 Å². The quantitative estimate of drug-likeness (QED) is 0.610. The molecule has 0 aliphatic heterocycles. The van der Waals surface area contributed by atoms with Gasteiger partial charge in [-0.1, -0.05) is 31.2 Å². The van der Waals surface area contributed by atoms with Gasteiger partial charge in [0.1, 0.15) is 10.6 Å². The maximum absolute atomic E-state index is 13.3. The smallest absolute Gasteiger partial charge is 0.175 e. The van der Waals surface area contributed by atoms with Gasteiger partial charge in [0.2, 0.25) is 0 Å². The Morgan fingerprint density at radius 2 is 2.10 bits per heavy atom. The highest BCUT2D eigenvalue weighted by Gasteiger charge is 2.68. The molecule has 0 spiro atoms. The fraction of sp³-hybridized carbons (Fsp3) is 0.739. The summed E-state index contributed by atoms with van der Waals surface area (Å²) in [5, 5.41) is 34.0. The molecule has 4 aliphatic rings. The molecule has 7 atom stereocenters. The van der Waals surface area contributed by atoms with Crippen LogP contribution < -0.4 is 0 Å². The zero-order valence-electron chi connectivity index (χ0n) is 18.1. The van der Waals surface area contributed by atoms with Crippen LogP contribution in [0.15, 0.2) is 22.9 Å². The first-order chi connectivity index (χ1) is 14.7. The molecular weight excluding hydrogens is 414 g/mol.